The first-order valence-corrected chi connectivity index (χ1v) is 8.64. The van der Waals surface area contributed by atoms with Crippen molar-refractivity contribution in [3.63, 3.8) is 0 Å². The molecule has 3 nitrogen and oxygen atoms in total. The van der Waals surface area contributed by atoms with E-state index in [1.165, 1.54) is 16.9 Å². The second-order valence-corrected chi connectivity index (χ2v) is 7.11. The molecule has 1 saturated heterocycles. The Kier molecular flexibility index (Phi) is 4.19. The van der Waals surface area contributed by atoms with Crippen LogP contribution in [0, 0.1) is 5.92 Å². The van der Waals surface area contributed by atoms with E-state index < -0.39 is 0 Å². The van der Waals surface area contributed by atoms with Gasteiger partial charge in [0, 0.05) is 19.1 Å². The highest BCUT2D eigenvalue weighted by molar-refractivity contribution is 7.12. The summed E-state index contributed by atoms with van der Waals surface area (Å²) in [4.78, 5) is 15.2. The summed E-state index contributed by atoms with van der Waals surface area (Å²) in [5, 5.41) is 6.23. The normalized spacial score (nSPS) is 22.9. The average molecular weight is 306 g/mol. The Hall–Kier alpha value is -1.17. The second kappa shape index (κ2) is 6.08. The van der Waals surface area contributed by atoms with Crippen molar-refractivity contribution in [3.8, 4) is 0 Å². The van der Waals surface area contributed by atoms with Crippen LogP contribution in [0.1, 0.15) is 21.7 Å². The number of hydrogen-bond acceptors (Lipinski definition) is 4. The number of carbonyl (C=O) groups is 1. The van der Waals surface area contributed by atoms with Gasteiger partial charge in [-0.3, -0.25) is 4.79 Å². The molecule has 5 heteroatoms. The summed E-state index contributed by atoms with van der Waals surface area (Å²) in [7, 11) is 0. The van der Waals surface area contributed by atoms with Crippen molar-refractivity contribution < 1.29 is 4.79 Å². The van der Waals surface area contributed by atoms with E-state index in [0.717, 1.165) is 24.3 Å². The Morgan fingerprint density at radius 1 is 1.35 bits per heavy atom. The molecule has 0 saturated carbocycles. The highest BCUT2D eigenvalue weighted by atomic mass is 32.1. The lowest BCUT2D eigenvalue weighted by Crippen LogP contribution is -2.49. The third-order valence-corrected chi connectivity index (χ3v) is 5.28. The number of hydrogen-bond donors (Lipinski definition) is 1. The van der Waals surface area contributed by atoms with E-state index in [1.807, 2.05) is 22.4 Å². The van der Waals surface area contributed by atoms with Gasteiger partial charge in [0.05, 0.1) is 4.88 Å². The minimum Gasteiger partial charge on any atom is -0.336 e. The number of nitrogens with zero attached hydrogens (tertiary/aromatic N) is 1. The zero-order valence-electron chi connectivity index (χ0n) is 11.2. The van der Waals surface area contributed by atoms with Crippen LogP contribution < -0.4 is 5.73 Å². The number of likely N-dealkylation sites (tertiary alicyclic amines) is 1. The minimum absolute atomic E-state index is 0.0938. The predicted octanol–water partition coefficient (Wildman–Crippen LogP) is 2.84. The maximum absolute atomic E-state index is 12.4. The summed E-state index contributed by atoms with van der Waals surface area (Å²) < 4.78 is 0. The lowest BCUT2D eigenvalue weighted by molar-refractivity contribution is 0.0654. The first-order chi connectivity index (χ1) is 9.72. The van der Waals surface area contributed by atoms with Crippen molar-refractivity contribution in [3.05, 3.63) is 44.8 Å². The monoisotopic (exact) mass is 306 g/mol. The van der Waals surface area contributed by atoms with E-state index in [-0.39, 0.29) is 11.9 Å². The fraction of sp³-hybridized carbons (Fsp3) is 0.400. The number of nitrogens with two attached hydrogens (primary N) is 1. The second-order valence-electron chi connectivity index (χ2n) is 5.38. The number of rotatable bonds is 3. The van der Waals surface area contributed by atoms with Gasteiger partial charge in [-0.05, 0) is 52.6 Å². The third kappa shape index (κ3) is 3.11. The Morgan fingerprint density at radius 2 is 2.25 bits per heavy atom. The highest BCUT2D eigenvalue weighted by Crippen LogP contribution is 2.23. The molecule has 106 valence electrons. The fourth-order valence-corrected chi connectivity index (χ4v) is 4.23. The van der Waals surface area contributed by atoms with Gasteiger partial charge in [0.15, 0.2) is 0 Å². The average Bonchev–Trinajstić information content (AvgIpc) is 3.09. The van der Waals surface area contributed by atoms with Crippen molar-refractivity contribution in [1.82, 2.24) is 4.90 Å². The first-order valence-electron chi connectivity index (χ1n) is 6.82. The van der Waals surface area contributed by atoms with Crippen molar-refractivity contribution >= 4 is 28.6 Å². The van der Waals surface area contributed by atoms with Crippen LogP contribution in [0.4, 0.5) is 0 Å². The van der Waals surface area contributed by atoms with Gasteiger partial charge in [-0.2, -0.15) is 11.3 Å². The van der Waals surface area contributed by atoms with Gasteiger partial charge in [-0.15, -0.1) is 11.3 Å². The Bertz CT molecular complexity index is 550. The summed E-state index contributed by atoms with van der Waals surface area (Å²) in [6, 6.07) is 6.07. The topological polar surface area (TPSA) is 46.3 Å². The van der Waals surface area contributed by atoms with Crippen LogP contribution in [-0.2, 0) is 6.42 Å². The molecule has 1 aliphatic rings. The summed E-state index contributed by atoms with van der Waals surface area (Å²) in [5.74, 6) is 0.600. The van der Waals surface area contributed by atoms with Crippen molar-refractivity contribution in [2.45, 2.75) is 18.9 Å². The molecule has 1 fully saturated rings. The van der Waals surface area contributed by atoms with E-state index in [4.69, 9.17) is 5.73 Å². The Labute approximate surface area is 127 Å². The number of carbonyl (C=O) groups excluding carboxylic acids is 1. The molecule has 2 N–H and O–H groups in total. The lowest BCUT2D eigenvalue weighted by Gasteiger charge is -2.36. The van der Waals surface area contributed by atoms with Gasteiger partial charge in [0.1, 0.15) is 0 Å². The molecule has 2 aromatic heterocycles. The van der Waals surface area contributed by atoms with E-state index in [2.05, 4.69) is 16.8 Å². The lowest BCUT2D eigenvalue weighted by atomic mass is 9.90. The number of piperidine rings is 1. The van der Waals surface area contributed by atoms with E-state index >= 15 is 0 Å². The molecule has 20 heavy (non-hydrogen) atoms. The standard InChI is InChI=1S/C15H18N2OS2/c16-13-7-12(6-11-3-5-19-10-11)8-17(9-13)15(18)14-2-1-4-20-14/h1-5,10,12-13H,6-9,16H2. The molecule has 0 bridgehead atoms. The molecule has 0 aliphatic carbocycles. The molecule has 3 rings (SSSR count). The number of thiophene rings is 2. The van der Waals surface area contributed by atoms with E-state index in [9.17, 15) is 4.79 Å². The molecule has 1 aliphatic heterocycles. The zero-order chi connectivity index (χ0) is 13.9. The summed E-state index contributed by atoms with van der Waals surface area (Å²) in [5.41, 5.74) is 7.51. The maximum Gasteiger partial charge on any atom is 0.263 e. The minimum atomic E-state index is 0.0938. The van der Waals surface area contributed by atoms with Gasteiger partial charge in [-0.25, -0.2) is 0 Å². The predicted molar refractivity (Wildman–Crippen MR) is 84.3 cm³/mol. The van der Waals surface area contributed by atoms with Crippen LogP contribution in [-0.4, -0.2) is 29.9 Å². The SMILES string of the molecule is NC1CC(Cc2ccsc2)CN(C(=O)c2cccs2)C1. The third-order valence-electron chi connectivity index (χ3n) is 3.69. The van der Waals surface area contributed by atoms with Crippen molar-refractivity contribution in [2.75, 3.05) is 13.1 Å². The molecule has 2 aromatic rings. The zero-order valence-corrected chi connectivity index (χ0v) is 12.8. The maximum atomic E-state index is 12.4. The van der Waals surface area contributed by atoms with Crippen LogP contribution in [0.15, 0.2) is 34.3 Å². The van der Waals surface area contributed by atoms with Crippen molar-refractivity contribution in [1.29, 1.82) is 0 Å². The van der Waals surface area contributed by atoms with Gasteiger partial charge in [0.2, 0.25) is 0 Å². The Balaban J connectivity index is 1.68. The smallest absolute Gasteiger partial charge is 0.263 e. The quantitative estimate of drug-likeness (QED) is 0.948. The summed E-state index contributed by atoms with van der Waals surface area (Å²) in [6.45, 7) is 1.50. The van der Waals surface area contributed by atoms with E-state index in [1.54, 1.807) is 11.3 Å². The van der Waals surface area contributed by atoms with Crippen LogP contribution in [0.25, 0.3) is 0 Å². The van der Waals surface area contributed by atoms with Crippen LogP contribution in [0.3, 0.4) is 0 Å². The van der Waals surface area contributed by atoms with E-state index in [0.29, 0.717) is 12.5 Å². The summed E-state index contributed by atoms with van der Waals surface area (Å²) >= 11 is 3.23. The van der Waals surface area contributed by atoms with Gasteiger partial charge >= 0.3 is 0 Å². The largest absolute Gasteiger partial charge is 0.336 e. The van der Waals surface area contributed by atoms with Gasteiger partial charge in [0.25, 0.3) is 5.91 Å². The molecule has 3 heterocycles. The van der Waals surface area contributed by atoms with Crippen LogP contribution >= 0.6 is 22.7 Å². The first kappa shape index (κ1) is 13.8. The molecular weight excluding hydrogens is 288 g/mol. The molecule has 0 radical (unpaired) electrons. The number of amides is 1. The molecule has 2 unspecified atom stereocenters. The van der Waals surface area contributed by atoms with Crippen LogP contribution in [0.5, 0.6) is 0 Å². The highest BCUT2D eigenvalue weighted by Gasteiger charge is 2.29. The van der Waals surface area contributed by atoms with Crippen molar-refractivity contribution in [2.24, 2.45) is 11.7 Å². The van der Waals surface area contributed by atoms with Crippen LogP contribution in [0.2, 0.25) is 0 Å². The molecular formula is C15H18N2OS2. The Morgan fingerprint density at radius 3 is 2.95 bits per heavy atom. The molecule has 0 spiro atoms. The van der Waals surface area contributed by atoms with Gasteiger partial charge in [-0.1, -0.05) is 6.07 Å². The fourth-order valence-electron chi connectivity index (χ4n) is 2.86. The summed E-state index contributed by atoms with van der Waals surface area (Å²) in [6.07, 6.45) is 2.02. The van der Waals surface area contributed by atoms with Gasteiger partial charge < -0.3 is 10.6 Å². The molecule has 1 amide bonds. The molecule has 2 atom stereocenters. The molecule has 0 aromatic carbocycles.